The first kappa shape index (κ1) is 24.9. The Hall–Kier alpha value is -2.70. The van der Waals surface area contributed by atoms with Crippen LogP contribution in [0.5, 0.6) is 5.75 Å². The van der Waals surface area contributed by atoms with Crippen molar-refractivity contribution in [1.82, 2.24) is 15.2 Å². The average molecular weight is 505 g/mol. The quantitative estimate of drug-likeness (QED) is 0.429. The van der Waals surface area contributed by atoms with Gasteiger partial charge < -0.3 is 14.7 Å². The normalized spacial score (nSPS) is 15.7. The highest BCUT2D eigenvalue weighted by atomic mass is 35.5. The van der Waals surface area contributed by atoms with E-state index in [1.165, 1.54) is 36.4 Å². The number of hydrogen-bond acceptors (Lipinski definition) is 6. The predicted octanol–water partition coefficient (Wildman–Crippen LogP) is 4.23. The van der Waals surface area contributed by atoms with Crippen molar-refractivity contribution in [2.24, 2.45) is 0 Å². The third kappa shape index (κ3) is 5.45. The summed E-state index contributed by atoms with van der Waals surface area (Å²) in [5.41, 5.74) is -2.24. The van der Waals surface area contributed by atoms with Gasteiger partial charge in [0.05, 0.1) is 18.3 Å². The van der Waals surface area contributed by atoms with Crippen LogP contribution in [-0.2, 0) is 11.8 Å². The zero-order chi connectivity index (χ0) is 24.4. The molecule has 1 aliphatic rings. The largest absolute Gasteiger partial charge is 0.494 e. The number of likely N-dealkylation sites (tertiary alicyclic amines) is 1. The Bertz CT molecular complexity index is 1050. The van der Waals surface area contributed by atoms with Gasteiger partial charge in [-0.25, -0.2) is 18.9 Å². The first-order chi connectivity index (χ1) is 15.5. The third-order valence-corrected chi connectivity index (χ3v) is 5.94. The molecule has 13 heteroatoms. The molecule has 1 aromatic carbocycles. The van der Waals surface area contributed by atoms with Gasteiger partial charge in [0.25, 0.3) is 0 Å². The molecule has 178 valence electrons. The lowest BCUT2D eigenvalue weighted by Gasteiger charge is -2.38. The standard InChI is InChI=1S/C20H20ClF3N4O4S/c1-32-14-5-8-25-16(21)15(14)28(33)18(30)26-17(29)27-9-6-19(31,7-10-27)12-3-2-4-13(11-12)20(22,23)24/h2-5,8,11,31,33H,6-7,9-10H2,1H3,(H,26,29,30). The van der Waals surface area contributed by atoms with Gasteiger partial charge in [0.1, 0.15) is 11.4 Å². The second-order valence-electron chi connectivity index (χ2n) is 7.30. The molecular weight excluding hydrogens is 485 g/mol. The van der Waals surface area contributed by atoms with Crippen LogP contribution in [0.2, 0.25) is 5.15 Å². The van der Waals surface area contributed by atoms with Crippen LogP contribution in [0.25, 0.3) is 0 Å². The highest BCUT2D eigenvalue weighted by Gasteiger charge is 2.38. The summed E-state index contributed by atoms with van der Waals surface area (Å²) in [4.78, 5) is 30.1. The summed E-state index contributed by atoms with van der Waals surface area (Å²) in [7, 11) is 1.36. The topological polar surface area (TPSA) is 95.0 Å². The van der Waals surface area contributed by atoms with Gasteiger partial charge in [0.15, 0.2) is 5.15 Å². The lowest BCUT2D eigenvalue weighted by molar-refractivity contribution is -0.137. The number of nitrogens with zero attached hydrogens (tertiary/aromatic N) is 3. The number of urea groups is 2. The predicted molar refractivity (Wildman–Crippen MR) is 117 cm³/mol. The molecule has 0 radical (unpaired) electrons. The fourth-order valence-electron chi connectivity index (χ4n) is 3.45. The van der Waals surface area contributed by atoms with Gasteiger partial charge >= 0.3 is 18.2 Å². The Balaban J connectivity index is 1.65. The van der Waals surface area contributed by atoms with Crippen LogP contribution in [0.4, 0.5) is 28.4 Å². The van der Waals surface area contributed by atoms with E-state index >= 15 is 0 Å². The van der Waals surface area contributed by atoms with Crippen LogP contribution in [-0.4, -0.2) is 47.3 Å². The number of ether oxygens (including phenoxy) is 1. The van der Waals surface area contributed by atoms with Gasteiger partial charge in [-0.3, -0.25) is 5.32 Å². The van der Waals surface area contributed by atoms with Crippen molar-refractivity contribution in [3.8, 4) is 5.75 Å². The molecule has 1 aliphatic heterocycles. The highest BCUT2D eigenvalue weighted by Crippen LogP contribution is 2.37. The number of hydrogen-bond donors (Lipinski definition) is 3. The molecule has 2 N–H and O–H groups in total. The molecule has 0 unspecified atom stereocenters. The maximum atomic E-state index is 13.0. The number of aromatic nitrogens is 1. The van der Waals surface area contributed by atoms with Crippen LogP contribution >= 0.6 is 24.4 Å². The molecule has 0 saturated carbocycles. The minimum atomic E-state index is -4.54. The Kier molecular flexibility index (Phi) is 7.29. The Morgan fingerprint density at radius 1 is 1.30 bits per heavy atom. The van der Waals surface area contributed by atoms with E-state index in [1.807, 2.05) is 0 Å². The number of anilines is 1. The van der Waals surface area contributed by atoms with Crippen molar-refractivity contribution in [3.05, 3.63) is 52.8 Å². The van der Waals surface area contributed by atoms with Crippen LogP contribution < -0.4 is 14.4 Å². The maximum Gasteiger partial charge on any atom is 0.416 e. The number of pyridine rings is 1. The number of aliphatic hydroxyl groups is 1. The van der Waals surface area contributed by atoms with Crippen LogP contribution in [0.15, 0.2) is 36.5 Å². The number of halogens is 4. The molecule has 1 fully saturated rings. The number of carbonyl (C=O) groups is 2. The van der Waals surface area contributed by atoms with Crippen molar-refractivity contribution in [2.75, 3.05) is 24.5 Å². The minimum Gasteiger partial charge on any atom is -0.494 e. The molecule has 2 heterocycles. The number of amides is 4. The summed E-state index contributed by atoms with van der Waals surface area (Å²) in [5, 5.41) is 13.0. The molecular formula is C20H20ClF3N4O4S. The molecule has 0 bridgehead atoms. The van der Waals surface area contributed by atoms with Gasteiger partial charge in [-0.2, -0.15) is 13.2 Å². The number of methoxy groups -OCH3 is 1. The van der Waals surface area contributed by atoms with E-state index < -0.39 is 29.4 Å². The smallest absolute Gasteiger partial charge is 0.416 e. The zero-order valence-electron chi connectivity index (χ0n) is 17.3. The Labute approximate surface area is 197 Å². The summed E-state index contributed by atoms with van der Waals surface area (Å²) in [6.45, 7) is 0.0187. The molecule has 2 aromatic rings. The number of carbonyl (C=O) groups excluding carboxylic acids is 2. The molecule has 8 nitrogen and oxygen atoms in total. The van der Waals surface area contributed by atoms with Crippen molar-refractivity contribution in [3.63, 3.8) is 0 Å². The summed E-state index contributed by atoms with van der Waals surface area (Å²) >= 11 is 10.1. The van der Waals surface area contributed by atoms with Crippen molar-refractivity contribution >= 4 is 42.2 Å². The number of piperidine rings is 1. The summed E-state index contributed by atoms with van der Waals surface area (Å²) in [6.07, 6.45) is -3.19. The van der Waals surface area contributed by atoms with Crippen LogP contribution in [0, 0.1) is 0 Å². The first-order valence-electron chi connectivity index (χ1n) is 9.64. The number of alkyl halides is 3. The van der Waals surface area contributed by atoms with Crippen molar-refractivity contribution in [1.29, 1.82) is 0 Å². The summed E-state index contributed by atoms with van der Waals surface area (Å²) < 4.78 is 44.9. The lowest BCUT2D eigenvalue weighted by atomic mass is 9.84. The van der Waals surface area contributed by atoms with E-state index in [9.17, 15) is 27.9 Å². The first-order valence-corrected chi connectivity index (χ1v) is 10.4. The van der Waals surface area contributed by atoms with Gasteiger partial charge in [-0.15, -0.1) is 0 Å². The molecule has 4 amide bonds. The van der Waals surface area contributed by atoms with Crippen LogP contribution in [0.3, 0.4) is 0 Å². The summed E-state index contributed by atoms with van der Waals surface area (Å²) in [5.74, 6) is 0.205. The van der Waals surface area contributed by atoms with E-state index in [0.29, 0.717) is 0 Å². The maximum absolute atomic E-state index is 13.0. The molecule has 3 rings (SSSR count). The average Bonchev–Trinajstić information content (AvgIpc) is 2.78. The van der Waals surface area contributed by atoms with Gasteiger partial charge in [-0.05, 0) is 30.5 Å². The van der Waals surface area contributed by atoms with Crippen LogP contribution in [0.1, 0.15) is 24.0 Å². The fraction of sp³-hybridized carbons (Fsp3) is 0.350. The SMILES string of the molecule is COc1ccnc(Cl)c1N(S)C(=O)NC(=O)N1CCC(O)(c2cccc(C(F)(F)F)c2)CC1. The van der Waals surface area contributed by atoms with E-state index in [0.717, 1.165) is 16.4 Å². The molecule has 0 aliphatic carbocycles. The number of thiol groups is 1. The number of nitrogens with one attached hydrogen (secondary N) is 1. The molecule has 33 heavy (non-hydrogen) atoms. The van der Waals surface area contributed by atoms with E-state index in [2.05, 4.69) is 23.1 Å². The van der Waals surface area contributed by atoms with E-state index in [1.54, 1.807) is 0 Å². The minimum absolute atomic E-state index is 0.00933. The van der Waals surface area contributed by atoms with Crippen molar-refractivity contribution in [2.45, 2.75) is 24.6 Å². The monoisotopic (exact) mass is 504 g/mol. The van der Waals surface area contributed by atoms with E-state index in [4.69, 9.17) is 16.3 Å². The molecule has 0 spiro atoms. The fourth-order valence-corrected chi connectivity index (χ4v) is 3.98. The van der Waals surface area contributed by atoms with Gasteiger partial charge in [0.2, 0.25) is 0 Å². The molecule has 1 aromatic heterocycles. The second-order valence-corrected chi connectivity index (χ2v) is 8.05. The summed E-state index contributed by atoms with van der Waals surface area (Å²) in [6, 6.07) is 4.25. The van der Waals surface area contributed by atoms with Crippen molar-refractivity contribution < 1.29 is 32.6 Å². The zero-order valence-corrected chi connectivity index (χ0v) is 18.9. The lowest BCUT2D eigenvalue weighted by Crippen LogP contribution is -2.51. The highest BCUT2D eigenvalue weighted by molar-refractivity contribution is 7.82. The number of imide groups is 1. The second kappa shape index (κ2) is 9.65. The molecule has 1 saturated heterocycles. The van der Waals surface area contributed by atoms with Gasteiger partial charge in [0, 0.05) is 25.4 Å². The Morgan fingerprint density at radius 3 is 2.58 bits per heavy atom. The third-order valence-electron chi connectivity index (χ3n) is 5.29. The van der Waals surface area contributed by atoms with E-state index in [-0.39, 0.29) is 48.1 Å². The van der Waals surface area contributed by atoms with Gasteiger partial charge in [-0.1, -0.05) is 36.5 Å². The number of rotatable bonds is 3. The Morgan fingerprint density at radius 2 is 1.97 bits per heavy atom. The molecule has 0 atom stereocenters. The number of benzene rings is 1.